The van der Waals surface area contributed by atoms with Gasteiger partial charge in [0, 0.05) is 27.0 Å². The van der Waals surface area contributed by atoms with Gasteiger partial charge in [-0.05, 0) is 12.8 Å². The molecule has 1 fully saturated rings. The summed E-state index contributed by atoms with van der Waals surface area (Å²) in [5.74, 6) is 0.449. The minimum atomic E-state index is -0.147. The first-order valence-electron chi connectivity index (χ1n) is 7.39. The highest BCUT2D eigenvalue weighted by atomic mass is 16.2. The van der Waals surface area contributed by atoms with Crippen LogP contribution in [0.2, 0.25) is 0 Å². The van der Waals surface area contributed by atoms with E-state index in [2.05, 4.69) is 20.3 Å². The Morgan fingerprint density at radius 2 is 2.05 bits per heavy atom. The molecule has 7 nitrogen and oxygen atoms in total. The van der Waals surface area contributed by atoms with Gasteiger partial charge in [-0.1, -0.05) is 19.3 Å². The van der Waals surface area contributed by atoms with Gasteiger partial charge in [-0.25, -0.2) is 9.97 Å². The third-order valence-electron chi connectivity index (χ3n) is 3.56. The quantitative estimate of drug-likeness (QED) is 0.898. The molecule has 2 heterocycles. The highest BCUT2D eigenvalue weighted by molar-refractivity contribution is 5.92. The van der Waals surface area contributed by atoms with Gasteiger partial charge in [0.25, 0.3) is 5.91 Å². The van der Waals surface area contributed by atoms with Crippen LogP contribution in [-0.2, 0) is 0 Å². The molecule has 0 spiro atoms. The molecule has 0 bridgehead atoms. The molecular formula is C15H23N5O2. The fourth-order valence-electron chi connectivity index (χ4n) is 2.49. The van der Waals surface area contributed by atoms with Gasteiger partial charge >= 0.3 is 0 Å². The summed E-state index contributed by atoms with van der Waals surface area (Å²) < 4.78 is 1.73. The number of nitrogens with zero attached hydrogens (tertiary/aromatic N) is 4. The van der Waals surface area contributed by atoms with E-state index < -0.39 is 0 Å². The van der Waals surface area contributed by atoms with Gasteiger partial charge in [0.05, 0.1) is 12.4 Å². The highest BCUT2D eigenvalue weighted by Crippen LogP contribution is 2.17. The number of rotatable bonds is 3. The largest absolute Gasteiger partial charge is 0.400 e. The van der Waals surface area contributed by atoms with Gasteiger partial charge < -0.3 is 10.4 Å². The van der Waals surface area contributed by atoms with Crippen LogP contribution in [0.3, 0.4) is 0 Å². The fraction of sp³-hybridized carbons (Fsp3) is 0.467. The monoisotopic (exact) mass is 305 g/mol. The summed E-state index contributed by atoms with van der Waals surface area (Å²) in [6.45, 7) is 0. The number of carbonyl (C=O) groups is 1. The van der Waals surface area contributed by atoms with E-state index in [0.29, 0.717) is 11.5 Å². The molecule has 2 aromatic rings. The van der Waals surface area contributed by atoms with E-state index in [1.54, 1.807) is 29.5 Å². The maximum Gasteiger partial charge on any atom is 0.271 e. The Labute approximate surface area is 130 Å². The SMILES string of the molecule is CO.O=C(NC1CCCCC1)c1cncc(-n2ccnc2)n1.[HH]. The predicted molar refractivity (Wildman–Crippen MR) is 83.8 cm³/mol. The summed E-state index contributed by atoms with van der Waals surface area (Å²) in [5, 5.41) is 10.0. The van der Waals surface area contributed by atoms with Crippen LogP contribution in [0.1, 0.15) is 44.0 Å². The average molecular weight is 305 g/mol. The van der Waals surface area contributed by atoms with E-state index in [9.17, 15) is 4.79 Å². The minimum absolute atomic E-state index is 0. The molecule has 0 aromatic carbocycles. The van der Waals surface area contributed by atoms with Gasteiger partial charge in [-0.2, -0.15) is 0 Å². The summed E-state index contributed by atoms with van der Waals surface area (Å²) in [4.78, 5) is 24.6. The summed E-state index contributed by atoms with van der Waals surface area (Å²) in [6.07, 6.45) is 13.9. The molecule has 0 aliphatic heterocycles. The Bertz CT molecular complexity index is 585. The molecule has 0 atom stereocenters. The van der Waals surface area contributed by atoms with Crippen molar-refractivity contribution in [2.24, 2.45) is 0 Å². The maximum absolute atomic E-state index is 12.2. The second kappa shape index (κ2) is 8.23. The summed E-state index contributed by atoms with van der Waals surface area (Å²) in [5.41, 5.74) is 0.349. The lowest BCUT2D eigenvalue weighted by Gasteiger charge is -2.22. The van der Waals surface area contributed by atoms with Crippen LogP contribution in [0.4, 0.5) is 0 Å². The topological polar surface area (TPSA) is 92.9 Å². The van der Waals surface area contributed by atoms with Crippen molar-refractivity contribution in [2.45, 2.75) is 38.1 Å². The third kappa shape index (κ3) is 4.11. The standard InChI is InChI=1S/C14H17N5O.CH4O.H2/c20-14(17-11-4-2-1-3-5-11)12-8-16-9-13(18-12)19-7-6-15-10-19;1-2;/h6-11H,1-5H2,(H,17,20);2H,1H3;1H. The first-order chi connectivity index (χ1) is 10.8. The number of aliphatic hydroxyl groups is 1. The van der Waals surface area contributed by atoms with Crippen molar-refractivity contribution in [1.29, 1.82) is 0 Å². The second-order valence-electron chi connectivity index (χ2n) is 5.04. The molecular weight excluding hydrogens is 282 g/mol. The number of hydrogen-bond acceptors (Lipinski definition) is 5. The van der Waals surface area contributed by atoms with Crippen molar-refractivity contribution in [3.05, 3.63) is 36.8 Å². The van der Waals surface area contributed by atoms with E-state index in [1.165, 1.54) is 25.5 Å². The highest BCUT2D eigenvalue weighted by Gasteiger charge is 2.17. The zero-order valence-corrected chi connectivity index (χ0v) is 12.6. The Morgan fingerprint density at radius 3 is 2.73 bits per heavy atom. The van der Waals surface area contributed by atoms with Crippen molar-refractivity contribution in [3.63, 3.8) is 0 Å². The second-order valence-corrected chi connectivity index (χ2v) is 5.04. The van der Waals surface area contributed by atoms with Crippen molar-refractivity contribution in [1.82, 2.24) is 24.8 Å². The molecule has 22 heavy (non-hydrogen) atoms. The molecule has 2 N–H and O–H groups in total. The zero-order valence-electron chi connectivity index (χ0n) is 12.6. The number of hydrogen-bond donors (Lipinski definition) is 2. The molecule has 3 rings (SSSR count). The third-order valence-corrected chi connectivity index (χ3v) is 3.56. The van der Waals surface area contributed by atoms with E-state index in [1.807, 2.05) is 0 Å². The Hall–Kier alpha value is -2.28. The van der Waals surface area contributed by atoms with E-state index in [0.717, 1.165) is 20.0 Å². The molecule has 7 heteroatoms. The van der Waals surface area contributed by atoms with Crippen LogP contribution in [0.5, 0.6) is 0 Å². The minimum Gasteiger partial charge on any atom is -0.400 e. The van der Waals surface area contributed by atoms with Gasteiger partial charge in [-0.15, -0.1) is 0 Å². The van der Waals surface area contributed by atoms with Crippen LogP contribution < -0.4 is 5.32 Å². The number of aliphatic hydroxyl groups excluding tert-OH is 1. The van der Waals surface area contributed by atoms with Gasteiger partial charge in [-0.3, -0.25) is 14.3 Å². The van der Waals surface area contributed by atoms with Crippen molar-refractivity contribution < 1.29 is 11.3 Å². The van der Waals surface area contributed by atoms with E-state index in [-0.39, 0.29) is 13.4 Å². The smallest absolute Gasteiger partial charge is 0.271 e. The van der Waals surface area contributed by atoms with E-state index >= 15 is 0 Å². The van der Waals surface area contributed by atoms with Gasteiger partial charge in [0.15, 0.2) is 5.82 Å². The lowest BCUT2D eigenvalue weighted by molar-refractivity contribution is 0.0922. The lowest BCUT2D eigenvalue weighted by atomic mass is 9.95. The molecule has 0 unspecified atom stereocenters. The molecule has 0 radical (unpaired) electrons. The summed E-state index contributed by atoms with van der Waals surface area (Å²) >= 11 is 0. The zero-order chi connectivity index (χ0) is 15.8. The summed E-state index contributed by atoms with van der Waals surface area (Å²) in [7, 11) is 1.00. The molecule has 1 amide bonds. The Balaban J connectivity index is 0.000000849. The average Bonchev–Trinajstić information content (AvgIpc) is 3.12. The molecule has 1 aliphatic rings. The number of aromatic nitrogens is 4. The van der Waals surface area contributed by atoms with Crippen LogP contribution in [0.15, 0.2) is 31.1 Å². The van der Waals surface area contributed by atoms with Crippen molar-refractivity contribution in [3.8, 4) is 5.82 Å². The molecule has 2 aromatic heterocycles. The van der Waals surface area contributed by atoms with Crippen LogP contribution in [0, 0.1) is 0 Å². The van der Waals surface area contributed by atoms with Crippen LogP contribution in [-0.4, -0.2) is 43.7 Å². The number of carbonyl (C=O) groups excluding carboxylic acids is 1. The summed E-state index contributed by atoms with van der Waals surface area (Å²) in [6, 6.07) is 0.273. The molecule has 0 saturated heterocycles. The fourth-order valence-corrected chi connectivity index (χ4v) is 2.49. The van der Waals surface area contributed by atoms with Gasteiger partial charge in [0.2, 0.25) is 0 Å². The first kappa shape index (κ1) is 16.1. The molecule has 120 valence electrons. The molecule has 1 aliphatic carbocycles. The van der Waals surface area contributed by atoms with E-state index in [4.69, 9.17) is 5.11 Å². The number of imidazole rings is 1. The predicted octanol–water partition coefficient (Wildman–Crippen LogP) is 1.58. The molecule has 1 saturated carbocycles. The number of amides is 1. The van der Waals surface area contributed by atoms with Crippen LogP contribution in [0.25, 0.3) is 5.82 Å². The van der Waals surface area contributed by atoms with Crippen LogP contribution >= 0.6 is 0 Å². The Morgan fingerprint density at radius 1 is 1.27 bits per heavy atom. The Kier molecular flexibility index (Phi) is 6.02. The lowest BCUT2D eigenvalue weighted by Crippen LogP contribution is -2.36. The van der Waals surface area contributed by atoms with Crippen molar-refractivity contribution in [2.75, 3.05) is 7.11 Å². The first-order valence-corrected chi connectivity index (χ1v) is 7.39. The number of nitrogens with one attached hydrogen (secondary N) is 1. The van der Waals surface area contributed by atoms with Crippen molar-refractivity contribution >= 4 is 5.91 Å². The maximum atomic E-state index is 12.2. The normalized spacial score (nSPS) is 14.8. The van der Waals surface area contributed by atoms with Gasteiger partial charge in [0.1, 0.15) is 12.0 Å².